The molecule has 0 spiro atoms. The molecule has 0 saturated carbocycles. The zero-order valence-electron chi connectivity index (χ0n) is 16.4. The van der Waals surface area contributed by atoms with E-state index in [1.807, 2.05) is 12.1 Å². The van der Waals surface area contributed by atoms with E-state index in [1.54, 1.807) is 0 Å². The van der Waals surface area contributed by atoms with Crippen molar-refractivity contribution in [1.82, 2.24) is 9.55 Å². The topological polar surface area (TPSA) is 53.1 Å². The Morgan fingerprint density at radius 2 is 2.00 bits per heavy atom. The first-order chi connectivity index (χ1) is 11.5. The first-order valence-corrected chi connectivity index (χ1v) is 12.8. The second-order valence-electron chi connectivity index (χ2n) is 8.57. The Kier molecular flexibility index (Phi) is 6.38. The summed E-state index contributed by atoms with van der Waals surface area (Å²) < 4.78 is 9.45. The number of benzene rings is 1. The molecule has 0 saturated heterocycles. The Labute approximate surface area is 161 Å². The lowest BCUT2D eigenvalue weighted by Gasteiger charge is -2.36. The van der Waals surface area contributed by atoms with Crippen molar-refractivity contribution in [1.29, 1.82) is 0 Å². The molecule has 25 heavy (non-hydrogen) atoms. The lowest BCUT2D eigenvalue weighted by molar-refractivity contribution is 0.266. The molecule has 2 rings (SSSR count). The molecule has 140 valence electrons. The van der Waals surface area contributed by atoms with Gasteiger partial charge < -0.3 is 14.7 Å². The van der Waals surface area contributed by atoms with Crippen LogP contribution in [0.1, 0.15) is 40.5 Å². The van der Waals surface area contributed by atoms with Crippen molar-refractivity contribution in [3.05, 3.63) is 22.7 Å². The fourth-order valence-electron chi connectivity index (χ4n) is 2.68. The maximum absolute atomic E-state index is 6.28. The van der Waals surface area contributed by atoms with Gasteiger partial charge in [0.25, 0.3) is 0 Å². The Balaban J connectivity index is 1.90. The molecule has 4 nitrogen and oxygen atoms in total. The molecule has 0 aliphatic carbocycles. The first-order valence-electron chi connectivity index (χ1n) is 9.06. The van der Waals surface area contributed by atoms with E-state index >= 15 is 0 Å². The molecule has 6 heteroatoms. The van der Waals surface area contributed by atoms with Crippen molar-refractivity contribution in [2.45, 2.75) is 65.2 Å². The van der Waals surface area contributed by atoms with Crippen LogP contribution in [-0.4, -0.2) is 24.5 Å². The minimum absolute atomic E-state index is 0.274. The highest BCUT2D eigenvalue weighted by Crippen LogP contribution is 2.36. The second kappa shape index (κ2) is 7.80. The van der Waals surface area contributed by atoms with Crippen LogP contribution >= 0.6 is 15.9 Å². The van der Waals surface area contributed by atoms with Gasteiger partial charge in [-0.25, -0.2) is 4.98 Å². The van der Waals surface area contributed by atoms with E-state index in [2.05, 4.69) is 72.3 Å². The molecule has 1 heterocycles. The van der Waals surface area contributed by atoms with E-state index in [9.17, 15) is 0 Å². The molecule has 2 N–H and O–H groups in total. The van der Waals surface area contributed by atoms with Crippen LogP contribution in [-0.2, 0) is 11.0 Å². The monoisotopic (exact) mass is 425 g/mol. The summed E-state index contributed by atoms with van der Waals surface area (Å²) in [4.78, 5) is 4.46. The van der Waals surface area contributed by atoms with Crippen LogP contribution in [0.25, 0.3) is 11.0 Å². The maximum atomic E-state index is 6.28. The van der Waals surface area contributed by atoms with Gasteiger partial charge in [-0.3, -0.25) is 0 Å². The number of aromatic nitrogens is 2. The van der Waals surface area contributed by atoms with Gasteiger partial charge in [-0.2, -0.15) is 0 Å². The number of hydrogen-bond acceptors (Lipinski definition) is 3. The number of nitrogen functional groups attached to an aromatic ring is 1. The first kappa shape index (κ1) is 20.5. The minimum atomic E-state index is -1.63. The molecule has 0 fully saturated rings. The molecule has 0 radical (unpaired) electrons. The van der Waals surface area contributed by atoms with E-state index in [1.165, 1.54) is 0 Å². The molecule has 1 atom stereocenters. The number of anilines is 1. The van der Waals surface area contributed by atoms with Crippen LogP contribution < -0.4 is 5.73 Å². The Morgan fingerprint density at radius 1 is 1.32 bits per heavy atom. The standard InChI is InChI=1S/C19H32BrN3OSi/c1-14(8-7-11-24-25(5,6)19(2,3)4)13-23-17-12-15(20)9-10-16(17)22-18(23)21/h9-10,12,14H,7-8,11,13H2,1-6H3,(H2,21,22)/t14-/m1/s1. The van der Waals surface area contributed by atoms with Gasteiger partial charge in [0.2, 0.25) is 5.95 Å². The van der Waals surface area contributed by atoms with Gasteiger partial charge in [0.1, 0.15) is 0 Å². The number of halogens is 1. The summed E-state index contributed by atoms with van der Waals surface area (Å²) in [6, 6.07) is 6.09. The van der Waals surface area contributed by atoms with Gasteiger partial charge in [-0.15, -0.1) is 0 Å². The van der Waals surface area contributed by atoms with Crippen LogP contribution in [0.2, 0.25) is 18.1 Å². The maximum Gasteiger partial charge on any atom is 0.201 e. The highest BCUT2D eigenvalue weighted by molar-refractivity contribution is 9.10. The summed E-state index contributed by atoms with van der Waals surface area (Å²) in [5.74, 6) is 1.12. The number of hydrogen-bond donors (Lipinski definition) is 1. The van der Waals surface area contributed by atoms with E-state index in [0.29, 0.717) is 11.9 Å². The fraction of sp³-hybridized carbons (Fsp3) is 0.632. The van der Waals surface area contributed by atoms with Crippen molar-refractivity contribution in [2.75, 3.05) is 12.3 Å². The summed E-state index contributed by atoms with van der Waals surface area (Å²) >= 11 is 3.53. The van der Waals surface area contributed by atoms with Crippen molar-refractivity contribution in [3.63, 3.8) is 0 Å². The largest absolute Gasteiger partial charge is 0.417 e. The third-order valence-corrected chi connectivity index (χ3v) is 10.4. The van der Waals surface area contributed by atoms with E-state index < -0.39 is 8.32 Å². The Morgan fingerprint density at radius 3 is 2.64 bits per heavy atom. The van der Waals surface area contributed by atoms with Crippen LogP contribution in [0.4, 0.5) is 5.95 Å². The fourth-order valence-corrected chi connectivity index (χ4v) is 4.12. The van der Waals surface area contributed by atoms with E-state index in [0.717, 1.165) is 41.5 Å². The molecule has 1 aromatic carbocycles. The Bertz CT molecular complexity index is 721. The van der Waals surface area contributed by atoms with Gasteiger partial charge in [-0.05, 0) is 55.1 Å². The SMILES string of the molecule is C[C@H](CCCO[Si](C)(C)C(C)(C)C)Cn1c(N)nc2ccc(Br)cc21. The average Bonchev–Trinajstić information content (AvgIpc) is 2.78. The molecule has 2 aromatic rings. The zero-order valence-corrected chi connectivity index (χ0v) is 19.0. The quantitative estimate of drug-likeness (QED) is 0.448. The number of imidazole rings is 1. The van der Waals surface area contributed by atoms with Gasteiger partial charge in [0.05, 0.1) is 11.0 Å². The predicted molar refractivity (Wildman–Crippen MR) is 113 cm³/mol. The van der Waals surface area contributed by atoms with Gasteiger partial charge in [0.15, 0.2) is 8.32 Å². The number of fused-ring (bicyclic) bond motifs is 1. The highest BCUT2D eigenvalue weighted by Gasteiger charge is 2.36. The van der Waals surface area contributed by atoms with Crippen molar-refractivity contribution in [2.24, 2.45) is 5.92 Å². The Hall–Kier alpha value is -0.853. The molecule has 0 aliphatic rings. The zero-order chi connectivity index (χ0) is 18.8. The second-order valence-corrected chi connectivity index (χ2v) is 14.3. The normalized spacial score (nSPS) is 14.2. The molecule has 0 bridgehead atoms. The predicted octanol–water partition coefficient (Wildman–Crippen LogP) is 5.82. The molecule has 0 aliphatic heterocycles. The van der Waals surface area contributed by atoms with E-state index in [4.69, 9.17) is 10.2 Å². The van der Waals surface area contributed by atoms with E-state index in [-0.39, 0.29) is 5.04 Å². The molecule has 1 aromatic heterocycles. The summed E-state index contributed by atoms with van der Waals surface area (Å²) in [6.07, 6.45) is 2.21. The van der Waals surface area contributed by atoms with Crippen molar-refractivity contribution >= 4 is 41.2 Å². The van der Waals surface area contributed by atoms with Crippen LogP contribution in [0, 0.1) is 5.92 Å². The van der Waals surface area contributed by atoms with Gasteiger partial charge in [-0.1, -0.05) is 43.6 Å². The van der Waals surface area contributed by atoms with Crippen LogP contribution in [0.3, 0.4) is 0 Å². The summed E-state index contributed by atoms with van der Waals surface area (Å²) in [5.41, 5.74) is 8.18. The molecule has 0 amide bonds. The highest BCUT2D eigenvalue weighted by atomic mass is 79.9. The van der Waals surface area contributed by atoms with Crippen LogP contribution in [0.15, 0.2) is 22.7 Å². The molecular weight excluding hydrogens is 394 g/mol. The summed E-state index contributed by atoms with van der Waals surface area (Å²) in [5, 5.41) is 0.274. The lowest BCUT2D eigenvalue weighted by Crippen LogP contribution is -2.41. The van der Waals surface area contributed by atoms with Gasteiger partial charge in [0, 0.05) is 17.6 Å². The molecule has 0 unspecified atom stereocenters. The average molecular weight is 426 g/mol. The number of rotatable bonds is 7. The minimum Gasteiger partial charge on any atom is -0.417 e. The molecular formula is C19H32BrN3OSi. The third-order valence-electron chi connectivity index (χ3n) is 5.34. The number of nitrogens with zero attached hydrogens (tertiary/aromatic N) is 2. The smallest absolute Gasteiger partial charge is 0.201 e. The van der Waals surface area contributed by atoms with Gasteiger partial charge >= 0.3 is 0 Å². The summed E-state index contributed by atoms with van der Waals surface area (Å²) in [6.45, 7) is 15.5. The van der Waals surface area contributed by atoms with Crippen molar-refractivity contribution in [3.8, 4) is 0 Å². The third kappa shape index (κ3) is 5.08. The summed E-state index contributed by atoms with van der Waals surface area (Å²) in [7, 11) is -1.63. The van der Waals surface area contributed by atoms with Crippen molar-refractivity contribution < 1.29 is 4.43 Å². The lowest BCUT2D eigenvalue weighted by atomic mass is 10.1. The van der Waals surface area contributed by atoms with Crippen LogP contribution in [0.5, 0.6) is 0 Å². The number of nitrogens with two attached hydrogens (primary N) is 1.